The zero-order valence-electron chi connectivity index (χ0n) is 10.8. The second kappa shape index (κ2) is 5.81. The highest BCUT2D eigenvalue weighted by Crippen LogP contribution is 2.27. The van der Waals surface area contributed by atoms with Gasteiger partial charge < -0.3 is 10.6 Å². The molecule has 0 bridgehead atoms. The van der Waals surface area contributed by atoms with Crippen molar-refractivity contribution in [3.05, 3.63) is 29.1 Å². The van der Waals surface area contributed by atoms with E-state index < -0.39 is 5.82 Å². The van der Waals surface area contributed by atoms with E-state index in [-0.39, 0.29) is 18.0 Å². The number of halogens is 1. The molecule has 1 amide bonds. The summed E-state index contributed by atoms with van der Waals surface area (Å²) in [6.07, 6.45) is 2.45. The van der Waals surface area contributed by atoms with Crippen molar-refractivity contribution in [3.63, 3.8) is 0 Å². The highest BCUT2D eigenvalue weighted by molar-refractivity contribution is 5.93. The Kier molecular flexibility index (Phi) is 4.13. The summed E-state index contributed by atoms with van der Waals surface area (Å²) in [4.78, 5) is 11.7. The van der Waals surface area contributed by atoms with E-state index in [4.69, 9.17) is 5.26 Å². The lowest BCUT2D eigenvalue weighted by Crippen LogP contribution is -2.29. The number of carbonyl (C=O) groups is 1. The Morgan fingerprint density at radius 3 is 2.89 bits per heavy atom. The topological polar surface area (TPSA) is 64.9 Å². The van der Waals surface area contributed by atoms with Gasteiger partial charge in [-0.05, 0) is 44.4 Å². The predicted octanol–water partition coefficient (Wildman–Crippen LogP) is 1.94. The second-order valence-electron chi connectivity index (χ2n) is 4.86. The predicted molar refractivity (Wildman–Crippen MR) is 70.1 cm³/mol. The lowest BCUT2D eigenvalue weighted by atomic mass is 10.1. The smallest absolute Gasteiger partial charge is 0.238 e. The molecule has 0 atom stereocenters. The van der Waals surface area contributed by atoms with E-state index in [0.29, 0.717) is 17.2 Å². The Labute approximate surface area is 111 Å². The van der Waals surface area contributed by atoms with Crippen molar-refractivity contribution in [1.82, 2.24) is 5.32 Å². The molecule has 5 heteroatoms. The molecular formula is C14H16FN3O. The normalized spacial score (nSPS) is 13.9. The third kappa shape index (κ3) is 3.76. The van der Waals surface area contributed by atoms with Gasteiger partial charge in [0.1, 0.15) is 5.82 Å². The van der Waals surface area contributed by atoms with Crippen LogP contribution in [0.25, 0.3) is 0 Å². The van der Waals surface area contributed by atoms with Crippen LogP contribution in [0.1, 0.15) is 24.0 Å². The van der Waals surface area contributed by atoms with Gasteiger partial charge in [0.05, 0.1) is 18.2 Å². The van der Waals surface area contributed by atoms with Gasteiger partial charge in [0, 0.05) is 11.3 Å². The zero-order chi connectivity index (χ0) is 13.8. The molecule has 0 aromatic heterocycles. The molecule has 1 saturated carbocycles. The van der Waals surface area contributed by atoms with E-state index in [9.17, 15) is 9.18 Å². The number of benzene rings is 1. The standard InChI is InChI=1S/C14H16FN3O/c1-9-12(15)4-11(6-16)5-13(9)18-14(19)8-17-7-10-2-3-10/h4-5,10,17H,2-3,7-8H2,1H3,(H,18,19). The summed E-state index contributed by atoms with van der Waals surface area (Å²) < 4.78 is 13.5. The first-order valence-corrected chi connectivity index (χ1v) is 6.31. The number of nitriles is 1. The average molecular weight is 261 g/mol. The molecule has 1 aliphatic carbocycles. The summed E-state index contributed by atoms with van der Waals surface area (Å²) in [7, 11) is 0. The molecular weight excluding hydrogens is 245 g/mol. The third-order valence-electron chi connectivity index (χ3n) is 3.16. The van der Waals surface area contributed by atoms with Crippen LogP contribution in [-0.4, -0.2) is 19.0 Å². The molecule has 2 rings (SSSR count). The first kappa shape index (κ1) is 13.5. The Bertz CT molecular complexity index is 532. The molecule has 1 fully saturated rings. The van der Waals surface area contributed by atoms with E-state index >= 15 is 0 Å². The minimum absolute atomic E-state index is 0.198. The molecule has 19 heavy (non-hydrogen) atoms. The van der Waals surface area contributed by atoms with Crippen molar-refractivity contribution < 1.29 is 9.18 Å². The summed E-state index contributed by atoms with van der Waals surface area (Å²) in [6, 6.07) is 4.51. The fraction of sp³-hybridized carbons (Fsp3) is 0.429. The van der Waals surface area contributed by atoms with Gasteiger partial charge in [0.2, 0.25) is 5.91 Å². The maximum atomic E-state index is 13.5. The van der Waals surface area contributed by atoms with Gasteiger partial charge >= 0.3 is 0 Å². The maximum absolute atomic E-state index is 13.5. The lowest BCUT2D eigenvalue weighted by Gasteiger charge is -2.10. The Morgan fingerprint density at radius 1 is 1.53 bits per heavy atom. The van der Waals surface area contributed by atoms with E-state index in [1.807, 2.05) is 6.07 Å². The number of rotatable bonds is 5. The first-order chi connectivity index (χ1) is 9.10. The number of hydrogen-bond acceptors (Lipinski definition) is 3. The molecule has 1 aliphatic rings. The Morgan fingerprint density at radius 2 is 2.26 bits per heavy atom. The van der Waals surface area contributed by atoms with Crippen LogP contribution in [0.15, 0.2) is 12.1 Å². The van der Waals surface area contributed by atoms with Crippen LogP contribution in [0, 0.1) is 30.0 Å². The average Bonchev–Trinajstić information content (AvgIpc) is 3.18. The van der Waals surface area contributed by atoms with Crippen LogP contribution < -0.4 is 10.6 Å². The fourth-order valence-electron chi connectivity index (χ4n) is 1.78. The second-order valence-corrected chi connectivity index (χ2v) is 4.86. The summed E-state index contributed by atoms with van der Waals surface area (Å²) in [5.74, 6) is -0.00701. The SMILES string of the molecule is Cc1c(F)cc(C#N)cc1NC(=O)CNCC1CC1. The van der Waals surface area contributed by atoms with Crippen molar-refractivity contribution in [2.75, 3.05) is 18.4 Å². The first-order valence-electron chi connectivity index (χ1n) is 6.31. The van der Waals surface area contributed by atoms with Gasteiger partial charge in [-0.1, -0.05) is 0 Å². The molecule has 4 nitrogen and oxygen atoms in total. The summed E-state index contributed by atoms with van der Waals surface area (Å²) >= 11 is 0. The van der Waals surface area contributed by atoms with Crippen molar-refractivity contribution in [2.45, 2.75) is 19.8 Å². The van der Waals surface area contributed by atoms with Crippen LogP contribution in [0.4, 0.5) is 10.1 Å². The summed E-state index contributed by atoms with van der Waals surface area (Å²) in [6.45, 7) is 2.62. The van der Waals surface area contributed by atoms with Crippen LogP contribution >= 0.6 is 0 Å². The summed E-state index contributed by atoms with van der Waals surface area (Å²) in [5, 5.41) is 14.5. The van der Waals surface area contributed by atoms with E-state index in [2.05, 4.69) is 10.6 Å². The minimum Gasteiger partial charge on any atom is -0.325 e. The fourth-order valence-corrected chi connectivity index (χ4v) is 1.78. The van der Waals surface area contributed by atoms with Gasteiger partial charge in [0.15, 0.2) is 0 Å². The molecule has 1 aromatic rings. The van der Waals surface area contributed by atoms with Crippen molar-refractivity contribution in [1.29, 1.82) is 5.26 Å². The third-order valence-corrected chi connectivity index (χ3v) is 3.16. The largest absolute Gasteiger partial charge is 0.325 e. The molecule has 100 valence electrons. The number of carbonyl (C=O) groups excluding carboxylic acids is 1. The lowest BCUT2D eigenvalue weighted by molar-refractivity contribution is -0.115. The number of amides is 1. The van der Waals surface area contributed by atoms with Crippen LogP contribution in [0.2, 0.25) is 0 Å². The molecule has 1 aromatic carbocycles. The van der Waals surface area contributed by atoms with Crippen molar-refractivity contribution in [2.24, 2.45) is 5.92 Å². The maximum Gasteiger partial charge on any atom is 0.238 e. The van der Waals surface area contributed by atoms with Crippen molar-refractivity contribution >= 4 is 11.6 Å². The van der Waals surface area contributed by atoms with E-state index in [1.54, 1.807) is 6.92 Å². The monoisotopic (exact) mass is 261 g/mol. The highest BCUT2D eigenvalue weighted by Gasteiger charge is 2.20. The van der Waals surface area contributed by atoms with E-state index in [1.165, 1.54) is 18.9 Å². The van der Waals surface area contributed by atoms with Gasteiger partial charge in [-0.3, -0.25) is 4.79 Å². The van der Waals surface area contributed by atoms with Gasteiger partial charge in [-0.2, -0.15) is 5.26 Å². The number of nitrogens with one attached hydrogen (secondary N) is 2. The van der Waals surface area contributed by atoms with Crippen LogP contribution in [0.5, 0.6) is 0 Å². The van der Waals surface area contributed by atoms with Crippen LogP contribution in [0.3, 0.4) is 0 Å². The molecule has 2 N–H and O–H groups in total. The molecule has 0 saturated heterocycles. The van der Waals surface area contributed by atoms with E-state index in [0.717, 1.165) is 12.6 Å². The van der Waals surface area contributed by atoms with Gasteiger partial charge in [-0.25, -0.2) is 4.39 Å². The molecule has 0 spiro atoms. The Hall–Kier alpha value is -1.93. The molecule has 0 radical (unpaired) electrons. The molecule has 0 unspecified atom stereocenters. The number of nitrogens with zero attached hydrogens (tertiary/aromatic N) is 1. The van der Waals surface area contributed by atoms with Gasteiger partial charge in [0.25, 0.3) is 0 Å². The zero-order valence-corrected chi connectivity index (χ0v) is 10.8. The minimum atomic E-state index is -0.486. The number of hydrogen-bond donors (Lipinski definition) is 2. The van der Waals surface area contributed by atoms with Gasteiger partial charge in [-0.15, -0.1) is 0 Å². The molecule has 0 heterocycles. The quantitative estimate of drug-likeness (QED) is 0.851. The summed E-state index contributed by atoms with van der Waals surface area (Å²) in [5.41, 5.74) is 0.897. The highest BCUT2D eigenvalue weighted by atomic mass is 19.1. The Balaban J connectivity index is 1.95. The van der Waals surface area contributed by atoms with Crippen molar-refractivity contribution in [3.8, 4) is 6.07 Å². The molecule has 0 aliphatic heterocycles. The number of anilines is 1. The van der Waals surface area contributed by atoms with Crippen LogP contribution in [-0.2, 0) is 4.79 Å².